The molecule has 1 aliphatic rings. The fourth-order valence-electron chi connectivity index (χ4n) is 4.74. The van der Waals surface area contributed by atoms with Crippen LogP contribution in [0.1, 0.15) is 53.0 Å². The van der Waals surface area contributed by atoms with Crippen LogP contribution in [0.5, 0.6) is 0 Å². The minimum absolute atomic E-state index is 0.156. The van der Waals surface area contributed by atoms with Gasteiger partial charge in [-0.3, -0.25) is 0 Å². The van der Waals surface area contributed by atoms with Gasteiger partial charge in [0.25, 0.3) is 0 Å². The number of hydrogen-bond donors (Lipinski definition) is 1. The van der Waals surface area contributed by atoms with Gasteiger partial charge in [-0.2, -0.15) is 0 Å². The molecule has 0 bridgehead atoms. The maximum absolute atomic E-state index is 6.11. The fraction of sp³-hybridized carbons (Fsp3) is 0.464. The van der Waals surface area contributed by atoms with Gasteiger partial charge in [0.15, 0.2) is 0 Å². The number of nitrogens with one attached hydrogen (secondary N) is 1. The molecule has 176 valence electrons. The predicted molar refractivity (Wildman–Crippen MR) is 143 cm³/mol. The highest BCUT2D eigenvalue weighted by atomic mass is 35.5. The maximum atomic E-state index is 6.11. The number of anilines is 2. The molecule has 0 amide bonds. The Kier molecular flexibility index (Phi) is 7.16. The van der Waals surface area contributed by atoms with Crippen molar-refractivity contribution in [3.63, 3.8) is 0 Å². The lowest BCUT2D eigenvalue weighted by Gasteiger charge is -2.38. The van der Waals surface area contributed by atoms with Gasteiger partial charge in [0, 0.05) is 59.4 Å². The van der Waals surface area contributed by atoms with Crippen molar-refractivity contribution in [3.05, 3.63) is 65.2 Å². The molecule has 0 radical (unpaired) electrons. The Morgan fingerprint density at radius 3 is 2.36 bits per heavy atom. The van der Waals surface area contributed by atoms with Crippen LogP contribution in [0.2, 0.25) is 5.02 Å². The molecule has 1 aromatic heterocycles. The van der Waals surface area contributed by atoms with E-state index in [1.54, 1.807) is 0 Å². The summed E-state index contributed by atoms with van der Waals surface area (Å²) in [5.74, 6) is 1.03. The third kappa shape index (κ3) is 5.99. The largest absolute Gasteiger partial charge is 0.371 e. The molecule has 0 spiro atoms. The van der Waals surface area contributed by atoms with E-state index in [1.165, 1.54) is 16.6 Å². The van der Waals surface area contributed by atoms with Gasteiger partial charge in [0.05, 0.1) is 5.52 Å². The Bertz CT molecular complexity index is 1060. The molecule has 1 saturated heterocycles. The molecule has 2 heterocycles. The topological polar surface area (TPSA) is 31.4 Å². The first kappa shape index (κ1) is 23.8. The van der Waals surface area contributed by atoms with Gasteiger partial charge in [-0.15, -0.1) is 0 Å². The first-order valence-corrected chi connectivity index (χ1v) is 12.5. The Hall–Kier alpha value is -2.30. The van der Waals surface area contributed by atoms with Crippen LogP contribution in [-0.2, 0) is 6.54 Å². The van der Waals surface area contributed by atoms with Crippen LogP contribution in [-0.4, -0.2) is 35.7 Å². The van der Waals surface area contributed by atoms with Crippen molar-refractivity contribution in [1.29, 1.82) is 0 Å². The summed E-state index contributed by atoms with van der Waals surface area (Å²) in [6.45, 7) is 14.1. The number of nitrogens with zero attached hydrogens (tertiary/aromatic N) is 3. The molecule has 1 aliphatic heterocycles. The number of rotatable bonds is 6. The zero-order chi connectivity index (χ0) is 23.6. The molecule has 1 N–H and O–H groups in total. The molecule has 0 aliphatic carbocycles. The minimum Gasteiger partial charge on any atom is -0.371 e. The van der Waals surface area contributed by atoms with Gasteiger partial charge < -0.3 is 15.1 Å². The lowest BCUT2D eigenvalue weighted by Crippen LogP contribution is -2.49. The van der Waals surface area contributed by atoms with E-state index in [9.17, 15) is 0 Å². The zero-order valence-electron chi connectivity index (χ0n) is 20.6. The summed E-state index contributed by atoms with van der Waals surface area (Å²) in [6, 6.07) is 19.9. The highest BCUT2D eigenvalue weighted by Gasteiger charge is 2.25. The Balaban J connectivity index is 1.64. The van der Waals surface area contributed by atoms with E-state index in [0.717, 1.165) is 48.8 Å². The monoisotopic (exact) mass is 464 g/mol. The number of benzene rings is 2. The second kappa shape index (κ2) is 9.90. The Morgan fingerprint density at radius 1 is 1.06 bits per heavy atom. The van der Waals surface area contributed by atoms with Gasteiger partial charge in [0.1, 0.15) is 5.82 Å². The van der Waals surface area contributed by atoms with Crippen molar-refractivity contribution in [2.75, 3.05) is 22.9 Å². The molecular formula is C28H37ClN4. The van der Waals surface area contributed by atoms with Crippen molar-refractivity contribution < 1.29 is 0 Å². The first-order valence-electron chi connectivity index (χ1n) is 12.1. The van der Waals surface area contributed by atoms with Gasteiger partial charge in [-0.05, 0) is 71.2 Å². The van der Waals surface area contributed by atoms with E-state index in [1.807, 2.05) is 12.1 Å². The number of para-hydroxylation sites is 1. The lowest BCUT2D eigenvalue weighted by atomic mass is 9.99. The van der Waals surface area contributed by atoms with E-state index >= 15 is 0 Å². The summed E-state index contributed by atoms with van der Waals surface area (Å²) in [5.41, 5.74) is 3.75. The second-order valence-electron chi connectivity index (χ2n) is 10.5. The molecule has 4 rings (SSSR count). The van der Waals surface area contributed by atoms with E-state index in [0.29, 0.717) is 12.1 Å². The molecule has 0 unspecified atom stereocenters. The number of halogens is 1. The number of fused-ring (bicyclic) bond motifs is 1. The number of hydrogen-bond acceptors (Lipinski definition) is 4. The Morgan fingerprint density at radius 2 is 1.73 bits per heavy atom. The average Bonchev–Trinajstić information content (AvgIpc) is 2.77. The molecule has 0 saturated carbocycles. The van der Waals surface area contributed by atoms with Gasteiger partial charge in [-0.25, -0.2) is 4.98 Å². The third-order valence-corrected chi connectivity index (χ3v) is 6.59. The van der Waals surface area contributed by atoms with E-state index in [4.69, 9.17) is 16.6 Å². The molecule has 0 atom stereocenters. The van der Waals surface area contributed by atoms with Crippen LogP contribution in [0.25, 0.3) is 10.9 Å². The van der Waals surface area contributed by atoms with Gasteiger partial charge in [0.2, 0.25) is 0 Å². The number of pyridine rings is 1. The molecule has 4 nitrogen and oxygen atoms in total. The highest BCUT2D eigenvalue weighted by Crippen LogP contribution is 2.33. The van der Waals surface area contributed by atoms with Crippen molar-refractivity contribution in [2.45, 2.75) is 71.6 Å². The summed E-state index contributed by atoms with van der Waals surface area (Å²) < 4.78 is 0. The normalized spacial score (nSPS) is 15.4. The summed E-state index contributed by atoms with van der Waals surface area (Å²) in [7, 11) is 0. The van der Waals surface area contributed by atoms with Crippen LogP contribution in [0.4, 0.5) is 11.5 Å². The van der Waals surface area contributed by atoms with E-state index in [2.05, 4.69) is 92.2 Å². The quantitative estimate of drug-likeness (QED) is 0.442. The van der Waals surface area contributed by atoms with Crippen LogP contribution in [0.15, 0.2) is 54.6 Å². The van der Waals surface area contributed by atoms with Crippen molar-refractivity contribution in [3.8, 4) is 0 Å². The minimum atomic E-state index is 0.156. The summed E-state index contributed by atoms with van der Waals surface area (Å²) >= 11 is 6.11. The maximum Gasteiger partial charge on any atom is 0.131 e. The molecule has 2 aromatic carbocycles. The zero-order valence-corrected chi connectivity index (χ0v) is 21.4. The molecule has 5 heteroatoms. The Labute approximate surface area is 204 Å². The number of piperidine rings is 1. The van der Waals surface area contributed by atoms with E-state index < -0.39 is 0 Å². The fourth-order valence-corrected chi connectivity index (χ4v) is 4.87. The van der Waals surface area contributed by atoms with Crippen LogP contribution >= 0.6 is 11.6 Å². The summed E-state index contributed by atoms with van der Waals surface area (Å²) in [6.07, 6.45) is 2.31. The second-order valence-corrected chi connectivity index (χ2v) is 11.0. The average molecular weight is 465 g/mol. The summed E-state index contributed by atoms with van der Waals surface area (Å²) in [4.78, 5) is 10.0. The van der Waals surface area contributed by atoms with Crippen molar-refractivity contribution >= 4 is 34.0 Å². The van der Waals surface area contributed by atoms with Gasteiger partial charge in [-0.1, -0.05) is 41.9 Å². The first-order chi connectivity index (χ1) is 15.7. The van der Waals surface area contributed by atoms with Crippen LogP contribution < -0.4 is 15.1 Å². The number of aromatic nitrogens is 1. The van der Waals surface area contributed by atoms with Crippen LogP contribution in [0.3, 0.4) is 0 Å². The third-order valence-electron chi connectivity index (χ3n) is 6.34. The van der Waals surface area contributed by atoms with Crippen molar-refractivity contribution in [2.24, 2.45) is 0 Å². The SMILES string of the molecule is CC(C)N(Cc1ccc(Cl)cc1)c1cc(N2CCC(NC(C)(C)C)CC2)c2ccccc2n1. The van der Waals surface area contributed by atoms with E-state index in [-0.39, 0.29) is 5.54 Å². The molecule has 3 aromatic rings. The molecular weight excluding hydrogens is 428 g/mol. The smallest absolute Gasteiger partial charge is 0.131 e. The van der Waals surface area contributed by atoms with Gasteiger partial charge >= 0.3 is 0 Å². The molecule has 1 fully saturated rings. The highest BCUT2D eigenvalue weighted by molar-refractivity contribution is 6.30. The van der Waals surface area contributed by atoms with Crippen molar-refractivity contribution in [1.82, 2.24) is 10.3 Å². The summed E-state index contributed by atoms with van der Waals surface area (Å²) in [5, 5.41) is 5.79. The lowest BCUT2D eigenvalue weighted by molar-refractivity contribution is 0.317. The van der Waals surface area contributed by atoms with Crippen LogP contribution in [0, 0.1) is 0 Å². The standard InChI is InChI=1S/C28H37ClN4/c1-20(2)33(19-21-10-12-22(29)13-11-21)27-18-26(24-8-6-7-9-25(24)30-27)32-16-14-23(15-17-32)31-28(3,4)5/h6-13,18,20,23,31H,14-17,19H2,1-5H3. The predicted octanol–water partition coefficient (Wildman–Crippen LogP) is 6.66. The molecule has 33 heavy (non-hydrogen) atoms.